The Morgan fingerprint density at radius 3 is 2.57 bits per heavy atom. The number of hydrogen-bond acceptors (Lipinski definition) is 8. The summed E-state index contributed by atoms with van der Waals surface area (Å²) in [5, 5.41) is 4.28. The van der Waals surface area contributed by atoms with Crippen molar-refractivity contribution in [1.82, 2.24) is 15.2 Å². The number of fused-ring (bicyclic) bond motifs is 1. The molecule has 1 fully saturated rings. The molecule has 9 nitrogen and oxygen atoms in total. The molecule has 1 aliphatic rings. The van der Waals surface area contributed by atoms with Gasteiger partial charge in [-0.1, -0.05) is 23.7 Å². The number of thioether (sulfide) groups is 1. The van der Waals surface area contributed by atoms with Crippen LogP contribution < -0.4 is 14.8 Å². The average Bonchev–Trinajstić information content (AvgIpc) is 3.73. The van der Waals surface area contributed by atoms with Gasteiger partial charge in [0.2, 0.25) is 5.91 Å². The molecule has 1 aromatic heterocycles. The van der Waals surface area contributed by atoms with Crippen LogP contribution in [0.15, 0.2) is 66.7 Å². The summed E-state index contributed by atoms with van der Waals surface area (Å²) >= 11 is 7.46. The molecule has 3 aromatic carbocycles. The number of ether oxygens (including phenoxy) is 3. The smallest absolute Gasteiger partial charge is 0.345 e. The van der Waals surface area contributed by atoms with Crippen molar-refractivity contribution >= 4 is 52.1 Å². The number of H-pyrrole nitrogens is 1. The van der Waals surface area contributed by atoms with Crippen LogP contribution >= 0.6 is 23.4 Å². The molecule has 1 atom stereocenters. The summed E-state index contributed by atoms with van der Waals surface area (Å²) in [6.07, 6.45) is 4.32. The molecule has 49 heavy (non-hydrogen) atoms. The van der Waals surface area contributed by atoms with E-state index >= 15 is 0 Å². The first-order valence-electron chi connectivity index (χ1n) is 16.8. The van der Waals surface area contributed by atoms with Gasteiger partial charge in [0.1, 0.15) is 11.5 Å². The van der Waals surface area contributed by atoms with Crippen LogP contribution in [-0.2, 0) is 20.9 Å². The molecule has 1 aliphatic heterocycles. The number of nitrogens with zero attached hydrogens (tertiary/aromatic N) is 1. The first-order valence-corrected chi connectivity index (χ1v) is 18.3. The maximum Gasteiger partial charge on any atom is 0.345 e. The van der Waals surface area contributed by atoms with Gasteiger partial charge in [0.15, 0.2) is 0 Å². The standard InChI is InChI=1S/C38H44ClN3O6S/c1-26-36(33-23-30(46-2)15-16-34(33)41-26)32(38(45)48-37(44)28-11-13-29(39)14-12-28)10-6-21-49-25-35(43)40-17-7-20-47-31-9-5-8-27(22-31)24-42-18-3-4-19-42/h5,8-9,11-16,22-23,32,41H,3-4,6-7,10,17-21,24-25H2,1-2H3,(H,40,43). The fourth-order valence-electron chi connectivity index (χ4n) is 6.12. The minimum atomic E-state index is -0.732. The molecule has 260 valence electrons. The van der Waals surface area contributed by atoms with E-state index in [0.717, 1.165) is 47.5 Å². The summed E-state index contributed by atoms with van der Waals surface area (Å²) < 4.78 is 16.8. The van der Waals surface area contributed by atoms with Crippen LogP contribution in [-0.4, -0.2) is 72.6 Å². The number of amides is 1. The summed E-state index contributed by atoms with van der Waals surface area (Å²) in [5.41, 5.74) is 3.94. The second-order valence-corrected chi connectivity index (χ2v) is 13.8. The summed E-state index contributed by atoms with van der Waals surface area (Å²) in [4.78, 5) is 44.7. The van der Waals surface area contributed by atoms with Crippen LogP contribution in [0.3, 0.4) is 0 Å². The third kappa shape index (κ3) is 10.5. The summed E-state index contributed by atoms with van der Waals surface area (Å²) in [7, 11) is 1.59. The molecule has 2 N–H and O–H groups in total. The molecule has 0 bridgehead atoms. The van der Waals surface area contributed by atoms with Gasteiger partial charge in [-0.25, -0.2) is 4.79 Å². The van der Waals surface area contributed by atoms with E-state index in [-0.39, 0.29) is 11.5 Å². The van der Waals surface area contributed by atoms with Crippen molar-refractivity contribution in [3.8, 4) is 11.5 Å². The molecular weight excluding hydrogens is 662 g/mol. The number of esters is 2. The molecule has 1 amide bonds. The number of aromatic amines is 1. The quantitative estimate of drug-likeness (QED) is 0.0669. The van der Waals surface area contributed by atoms with Crippen LogP contribution in [0.25, 0.3) is 10.9 Å². The van der Waals surface area contributed by atoms with Crippen molar-refractivity contribution in [3.63, 3.8) is 0 Å². The number of hydrogen-bond donors (Lipinski definition) is 2. The van der Waals surface area contributed by atoms with Crippen LogP contribution in [0, 0.1) is 6.92 Å². The van der Waals surface area contributed by atoms with Gasteiger partial charge in [-0.2, -0.15) is 11.8 Å². The van der Waals surface area contributed by atoms with Crippen molar-refractivity contribution in [3.05, 3.63) is 94.1 Å². The third-order valence-electron chi connectivity index (χ3n) is 8.58. The zero-order valence-corrected chi connectivity index (χ0v) is 29.7. The normalized spacial score (nSPS) is 13.7. The number of carbonyl (C=O) groups is 3. The first-order chi connectivity index (χ1) is 23.8. The molecule has 2 heterocycles. The Balaban J connectivity index is 1.08. The largest absolute Gasteiger partial charge is 0.497 e. The van der Waals surface area contributed by atoms with E-state index in [1.165, 1.54) is 42.3 Å². The molecular formula is C38H44ClN3O6S. The highest BCUT2D eigenvalue weighted by Gasteiger charge is 2.29. The predicted octanol–water partition coefficient (Wildman–Crippen LogP) is 7.30. The van der Waals surface area contributed by atoms with Gasteiger partial charge in [0.25, 0.3) is 0 Å². The van der Waals surface area contributed by atoms with Crippen LogP contribution in [0.1, 0.15) is 65.2 Å². The number of likely N-dealkylation sites (tertiary alicyclic amines) is 1. The van der Waals surface area contributed by atoms with Crippen LogP contribution in [0.2, 0.25) is 5.02 Å². The van der Waals surface area contributed by atoms with E-state index in [1.807, 2.05) is 37.3 Å². The van der Waals surface area contributed by atoms with Gasteiger partial charge < -0.3 is 24.5 Å². The van der Waals surface area contributed by atoms with Crippen molar-refractivity contribution in [2.75, 3.05) is 44.9 Å². The second-order valence-electron chi connectivity index (χ2n) is 12.2. The molecule has 0 spiro atoms. The minimum absolute atomic E-state index is 0.0401. The van der Waals surface area contributed by atoms with E-state index in [2.05, 4.69) is 27.3 Å². The second kappa shape index (κ2) is 18.1. The van der Waals surface area contributed by atoms with Crippen LogP contribution in [0.5, 0.6) is 11.5 Å². The van der Waals surface area contributed by atoms with E-state index < -0.39 is 17.9 Å². The Morgan fingerprint density at radius 2 is 1.80 bits per heavy atom. The monoisotopic (exact) mass is 705 g/mol. The van der Waals surface area contributed by atoms with Crippen molar-refractivity contribution in [1.29, 1.82) is 0 Å². The lowest BCUT2D eigenvalue weighted by Crippen LogP contribution is -2.27. The van der Waals surface area contributed by atoms with Gasteiger partial charge in [0, 0.05) is 34.7 Å². The minimum Gasteiger partial charge on any atom is -0.497 e. The van der Waals surface area contributed by atoms with Crippen molar-refractivity contribution < 1.29 is 28.6 Å². The zero-order valence-electron chi connectivity index (χ0n) is 28.1. The Bertz CT molecular complexity index is 1720. The van der Waals surface area contributed by atoms with Gasteiger partial charge in [-0.15, -0.1) is 0 Å². The Hall–Kier alpha value is -3.99. The fourth-order valence-corrected chi connectivity index (χ4v) is 7.05. The van der Waals surface area contributed by atoms with Crippen molar-refractivity contribution in [2.24, 2.45) is 0 Å². The molecule has 0 aliphatic carbocycles. The Labute approximate surface area is 297 Å². The van der Waals surface area contributed by atoms with E-state index in [9.17, 15) is 14.4 Å². The first kappa shape index (κ1) is 36.3. The zero-order chi connectivity index (χ0) is 34.6. The van der Waals surface area contributed by atoms with Crippen molar-refractivity contribution in [2.45, 2.75) is 51.5 Å². The molecule has 0 radical (unpaired) electrons. The van der Waals surface area contributed by atoms with Gasteiger partial charge in [0.05, 0.1) is 31.0 Å². The van der Waals surface area contributed by atoms with Crippen LogP contribution in [0.4, 0.5) is 0 Å². The molecule has 0 saturated carbocycles. The number of aromatic nitrogens is 1. The van der Waals surface area contributed by atoms with Gasteiger partial charge in [-0.05, 0) is 124 Å². The highest BCUT2D eigenvalue weighted by Crippen LogP contribution is 2.35. The Morgan fingerprint density at radius 1 is 1.00 bits per heavy atom. The Kier molecular flexibility index (Phi) is 13.4. The SMILES string of the molecule is COc1ccc2[nH]c(C)c(C(CCCSCC(=O)NCCCOc3cccc(CN4CCCC4)c3)C(=O)OC(=O)c3ccc(Cl)cc3)c2c1. The lowest BCUT2D eigenvalue weighted by molar-refractivity contribution is -0.140. The number of methoxy groups -OCH3 is 1. The summed E-state index contributed by atoms with van der Waals surface area (Å²) in [5.74, 6) is 0.384. The topological polar surface area (TPSA) is 110 Å². The average molecular weight is 706 g/mol. The van der Waals surface area contributed by atoms with Gasteiger partial charge >= 0.3 is 11.9 Å². The highest BCUT2D eigenvalue weighted by molar-refractivity contribution is 7.99. The number of halogens is 1. The molecule has 11 heteroatoms. The van der Waals surface area contributed by atoms with Gasteiger partial charge in [-0.3, -0.25) is 14.5 Å². The number of rotatable bonds is 17. The lowest BCUT2D eigenvalue weighted by atomic mass is 9.92. The third-order valence-corrected chi connectivity index (χ3v) is 9.87. The fraction of sp³-hybridized carbons (Fsp3) is 0.395. The lowest BCUT2D eigenvalue weighted by Gasteiger charge is -2.17. The number of carbonyl (C=O) groups excluding carboxylic acids is 3. The highest BCUT2D eigenvalue weighted by atomic mass is 35.5. The summed E-state index contributed by atoms with van der Waals surface area (Å²) in [6, 6.07) is 20.1. The maximum absolute atomic E-state index is 13.6. The van der Waals surface area contributed by atoms with E-state index in [4.69, 9.17) is 25.8 Å². The number of nitrogens with one attached hydrogen (secondary N) is 2. The maximum atomic E-state index is 13.6. The number of aryl methyl sites for hydroxylation is 1. The molecule has 5 rings (SSSR count). The van der Waals surface area contributed by atoms with E-state index in [1.54, 1.807) is 19.2 Å². The number of benzene rings is 3. The molecule has 1 unspecified atom stereocenters. The molecule has 1 saturated heterocycles. The molecule has 4 aromatic rings. The predicted molar refractivity (Wildman–Crippen MR) is 195 cm³/mol. The van der Waals surface area contributed by atoms with E-state index in [0.29, 0.717) is 54.7 Å². The summed E-state index contributed by atoms with van der Waals surface area (Å²) in [6.45, 7) is 6.24.